The topological polar surface area (TPSA) is 75.5 Å². The van der Waals surface area contributed by atoms with Crippen molar-refractivity contribution < 1.29 is 14.4 Å². The summed E-state index contributed by atoms with van der Waals surface area (Å²) in [5.41, 5.74) is 2.11. The van der Waals surface area contributed by atoms with Crippen molar-refractivity contribution in [3.05, 3.63) is 41.0 Å². The summed E-state index contributed by atoms with van der Waals surface area (Å²) in [7, 11) is 3.34. The fourth-order valence-corrected chi connectivity index (χ4v) is 4.04. The minimum Gasteiger partial charge on any atom is -0.349 e. The summed E-state index contributed by atoms with van der Waals surface area (Å²) >= 11 is 6.01. The zero-order valence-corrected chi connectivity index (χ0v) is 19.8. The highest BCUT2D eigenvalue weighted by Gasteiger charge is 2.33. The number of fused-ring (bicyclic) bond motifs is 1. The van der Waals surface area contributed by atoms with E-state index < -0.39 is 0 Å². The van der Waals surface area contributed by atoms with Crippen LogP contribution in [0.3, 0.4) is 0 Å². The zero-order valence-electron chi connectivity index (χ0n) is 19.0. The summed E-state index contributed by atoms with van der Waals surface area (Å²) < 4.78 is 1.83. The molecule has 2 heterocycles. The molecule has 1 aliphatic rings. The van der Waals surface area contributed by atoms with Crippen molar-refractivity contribution in [3.8, 4) is 11.3 Å². The van der Waals surface area contributed by atoms with Gasteiger partial charge in [-0.25, -0.2) is 0 Å². The smallest absolute Gasteiger partial charge is 0.272 e. The van der Waals surface area contributed by atoms with Crippen molar-refractivity contribution in [1.82, 2.24) is 19.6 Å². The highest BCUT2D eigenvalue weighted by Crippen LogP contribution is 2.30. The van der Waals surface area contributed by atoms with Gasteiger partial charge in [-0.15, -0.1) is 0 Å². The monoisotopic (exact) mass is 458 g/mol. The first-order valence-corrected chi connectivity index (χ1v) is 11.5. The molecule has 1 aliphatic heterocycles. The van der Waals surface area contributed by atoms with E-state index in [0.29, 0.717) is 17.3 Å². The average Bonchev–Trinajstić information content (AvgIpc) is 3.21. The van der Waals surface area contributed by atoms with Crippen LogP contribution in [0.4, 0.5) is 0 Å². The number of unbranched alkanes of at least 4 members (excludes halogenated alkanes) is 2. The first kappa shape index (κ1) is 24.0. The van der Waals surface area contributed by atoms with Gasteiger partial charge in [0, 0.05) is 44.1 Å². The molecule has 0 aliphatic carbocycles. The number of aromatic nitrogens is 2. The van der Waals surface area contributed by atoms with Gasteiger partial charge < -0.3 is 9.80 Å². The molecule has 3 rings (SSSR count). The average molecular weight is 459 g/mol. The molecular weight excluding hydrogens is 428 g/mol. The van der Waals surface area contributed by atoms with Crippen LogP contribution in [0, 0.1) is 0 Å². The molecule has 0 spiro atoms. The Hall–Kier alpha value is -2.67. The maximum Gasteiger partial charge on any atom is 0.272 e. The maximum absolute atomic E-state index is 13.2. The molecule has 1 unspecified atom stereocenters. The van der Waals surface area contributed by atoms with E-state index in [1.54, 1.807) is 37.2 Å². The quantitative estimate of drug-likeness (QED) is 0.499. The minimum absolute atomic E-state index is 0.0191. The van der Waals surface area contributed by atoms with Crippen LogP contribution in [0.15, 0.2) is 30.3 Å². The Balaban J connectivity index is 1.79. The predicted molar refractivity (Wildman–Crippen MR) is 125 cm³/mol. The zero-order chi connectivity index (χ0) is 23.3. The van der Waals surface area contributed by atoms with E-state index in [4.69, 9.17) is 16.7 Å². The van der Waals surface area contributed by atoms with Crippen molar-refractivity contribution in [3.63, 3.8) is 0 Å². The van der Waals surface area contributed by atoms with Gasteiger partial charge in [0.05, 0.1) is 18.3 Å². The largest absolute Gasteiger partial charge is 0.349 e. The third-order valence-electron chi connectivity index (χ3n) is 5.78. The lowest BCUT2D eigenvalue weighted by molar-refractivity contribution is -0.131. The van der Waals surface area contributed by atoms with E-state index in [0.717, 1.165) is 36.9 Å². The Morgan fingerprint density at radius 1 is 1.16 bits per heavy atom. The van der Waals surface area contributed by atoms with E-state index >= 15 is 0 Å². The first-order chi connectivity index (χ1) is 15.3. The summed E-state index contributed by atoms with van der Waals surface area (Å²) in [4.78, 5) is 40.6. The molecule has 0 radical (unpaired) electrons. The summed E-state index contributed by atoms with van der Waals surface area (Å²) in [6.07, 6.45) is 4.43. The van der Waals surface area contributed by atoms with Crippen LogP contribution in [-0.4, -0.2) is 64.4 Å². The molecule has 1 atom stereocenters. The number of hydrogen-bond donors (Lipinski definition) is 0. The molecule has 0 saturated heterocycles. The summed E-state index contributed by atoms with van der Waals surface area (Å²) in [5.74, 6) is -0.394. The van der Waals surface area contributed by atoms with Gasteiger partial charge in [0.1, 0.15) is 5.69 Å². The van der Waals surface area contributed by atoms with E-state index in [-0.39, 0.29) is 43.0 Å². The highest BCUT2D eigenvalue weighted by molar-refractivity contribution is 6.30. The molecule has 8 heteroatoms. The van der Waals surface area contributed by atoms with E-state index in [2.05, 4.69) is 6.92 Å². The van der Waals surface area contributed by atoms with Gasteiger partial charge in [-0.05, 0) is 24.6 Å². The first-order valence-electron chi connectivity index (χ1n) is 11.2. The Labute approximate surface area is 194 Å². The van der Waals surface area contributed by atoms with Crippen LogP contribution >= 0.6 is 11.6 Å². The maximum atomic E-state index is 13.2. The van der Waals surface area contributed by atoms with Crippen LogP contribution in [-0.2, 0) is 9.59 Å². The van der Waals surface area contributed by atoms with E-state index in [9.17, 15) is 14.4 Å². The number of halogens is 1. The number of hydrogen-bond acceptors (Lipinski definition) is 4. The third kappa shape index (κ3) is 5.76. The van der Waals surface area contributed by atoms with Crippen molar-refractivity contribution in [1.29, 1.82) is 0 Å². The number of benzene rings is 1. The lowest BCUT2D eigenvalue weighted by Gasteiger charge is -2.33. The minimum atomic E-state index is -0.197. The van der Waals surface area contributed by atoms with Crippen LogP contribution in [0.1, 0.15) is 62.0 Å². The SMILES string of the molecule is CCCCCC1CN(CC(=O)CCC(=O)N(C)C)C(=O)c2cc(-c3ccc(Cl)cc3)nn21. The van der Waals surface area contributed by atoms with Crippen molar-refractivity contribution >= 4 is 29.2 Å². The summed E-state index contributed by atoms with van der Waals surface area (Å²) in [6.45, 7) is 2.62. The van der Waals surface area contributed by atoms with Gasteiger partial charge in [0.2, 0.25) is 5.91 Å². The number of carbonyl (C=O) groups excluding carboxylic acids is 3. The highest BCUT2D eigenvalue weighted by atomic mass is 35.5. The number of Topliss-reactive ketones (excluding diaryl/α,β-unsaturated/α-hetero) is 1. The number of amides is 2. The molecule has 0 fully saturated rings. The number of rotatable bonds is 10. The van der Waals surface area contributed by atoms with Gasteiger partial charge in [-0.2, -0.15) is 5.10 Å². The Morgan fingerprint density at radius 3 is 2.53 bits per heavy atom. The van der Waals surface area contributed by atoms with Crippen LogP contribution < -0.4 is 0 Å². The molecule has 1 aromatic heterocycles. The second kappa shape index (κ2) is 10.8. The van der Waals surface area contributed by atoms with Gasteiger partial charge in [0.15, 0.2) is 5.78 Å². The lowest BCUT2D eigenvalue weighted by Crippen LogP contribution is -2.45. The molecule has 0 bridgehead atoms. The third-order valence-corrected chi connectivity index (χ3v) is 6.04. The fourth-order valence-electron chi connectivity index (χ4n) is 3.91. The summed E-state index contributed by atoms with van der Waals surface area (Å²) in [6, 6.07) is 9.19. The van der Waals surface area contributed by atoms with E-state index in [1.807, 2.05) is 16.8 Å². The Kier molecular flexibility index (Phi) is 8.07. The lowest BCUT2D eigenvalue weighted by atomic mass is 10.0. The molecule has 1 aromatic carbocycles. The van der Waals surface area contributed by atoms with Crippen LogP contribution in [0.5, 0.6) is 0 Å². The Morgan fingerprint density at radius 2 is 1.88 bits per heavy atom. The number of nitrogens with zero attached hydrogens (tertiary/aromatic N) is 4. The normalized spacial score (nSPS) is 15.6. The molecule has 32 heavy (non-hydrogen) atoms. The van der Waals surface area contributed by atoms with Gasteiger partial charge in [-0.1, -0.05) is 49.9 Å². The second-order valence-corrected chi connectivity index (χ2v) is 8.96. The molecule has 172 valence electrons. The number of ketones is 1. The summed E-state index contributed by atoms with van der Waals surface area (Å²) in [5, 5.41) is 5.39. The van der Waals surface area contributed by atoms with Gasteiger partial charge in [0.25, 0.3) is 5.91 Å². The predicted octanol–water partition coefficient (Wildman–Crippen LogP) is 4.22. The molecular formula is C24H31ClN4O3. The number of carbonyl (C=O) groups is 3. The van der Waals surface area contributed by atoms with Gasteiger partial charge in [-0.3, -0.25) is 19.1 Å². The van der Waals surface area contributed by atoms with Gasteiger partial charge >= 0.3 is 0 Å². The second-order valence-electron chi connectivity index (χ2n) is 8.53. The van der Waals surface area contributed by atoms with Crippen LogP contribution in [0.2, 0.25) is 5.02 Å². The fraction of sp³-hybridized carbons (Fsp3) is 0.500. The molecule has 0 saturated carbocycles. The van der Waals surface area contributed by atoms with Crippen molar-refractivity contribution in [2.45, 2.75) is 51.5 Å². The molecule has 2 aromatic rings. The molecule has 0 N–H and O–H groups in total. The van der Waals surface area contributed by atoms with E-state index in [1.165, 1.54) is 4.90 Å². The van der Waals surface area contributed by atoms with Crippen molar-refractivity contribution in [2.24, 2.45) is 0 Å². The van der Waals surface area contributed by atoms with Crippen LogP contribution in [0.25, 0.3) is 11.3 Å². The Bertz CT molecular complexity index is 968. The molecule has 2 amide bonds. The molecule has 7 nitrogen and oxygen atoms in total. The standard InChI is InChI=1S/C24H31ClN4O3/c1-4-5-6-7-19-15-28(16-20(30)12-13-23(31)27(2)3)24(32)22-14-21(26-29(19)22)17-8-10-18(25)11-9-17/h8-11,14,19H,4-7,12-13,15-16H2,1-3H3. The van der Waals surface area contributed by atoms with Crippen molar-refractivity contribution in [2.75, 3.05) is 27.2 Å².